The number of hydrogen-bond donors (Lipinski definition) is 1. The van der Waals surface area contributed by atoms with Crippen LogP contribution in [0.15, 0.2) is 24.3 Å². The zero-order chi connectivity index (χ0) is 24.0. The highest BCUT2D eigenvalue weighted by Gasteiger charge is 2.41. The Labute approximate surface area is 201 Å². The fourth-order valence-corrected chi connectivity index (χ4v) is 5.92. The van der Waals surface area contributed by atoms with Crippen molar-refractivity contribution in [3.8, 4) is 0 Å². The zero-order valence-electron chi connectivity index (χ0n) is 19.3. The maximum atomic E-state index is 14.5. The molecule has 1 unspecified atom stereocenters. The lowest BCUT2D eigenvalue weighted by atomic mass is 10.0. The van der Waals surface area contributed by atoms with Crippen LogP contribution in [0.5, 0.6) is 0 Å². The van der Waals surface area contributed by atoms with Crippen LogP contribution in [0.25, 0.3) is 0 Å². The predicted octanol–water partition coefficient (Wildman–Crippen LogP) is 2.04. The van der Waals surface area contributed by atoms with Gasteiger partial charge in [0.15, 0.2) is 0 Å². The van der Waals surface area contributed by atoms with E-state index in [1.807, 2.05) is 14.1 Å². The molecule has 0 radical (unpaired) electrons. The Morgan fingerprint density at radius 2 is 1.88 bits per heavy atom. The summed E-state index contributed by atoms with van der Waals surface area (Å²) in [5, 5.41) is 3.54. The molecule has 1 atom stereocenters. The summed E-state index contributed by atoms with van der Waals surface area (Å²) < 4.78 is 14.5. The van der Waals surface area contributed by atoms with Gasteiger partial charge in [0, 0.05) is 81.5 Å². The number of rotatable bonds is 5. The first kappa shape index (κ1) is 22.8. The summed E-state index contributed by atoms with van der Waals surface area (Å²) in [5.74, 6) is -1.59. The molecule has 1 aromatic heterocycles. The van der Waals surface area contributed by atoms with E-state index in [0.717, 1.165) is 44.0 Å². The molecule has 2 aromatic rings. The number of nitrogens with one attached hydrogen (secondary N) is 1. The van der Waals surface area contributed by atoms with Crippen molar-refractivity contribution in [2.75, 3.05) is 50.1 Å². The molecule has 0 spiro atoms. The third kappa shape index (κ3) is 4.27. The van der Waals surface area contributed by atoms with Crippen molar-refractivity contribution in [3.05, 3.63) is 46.1 Å². The van der Waals surface area contributed by atoms with Gasteiger partial charge in [-0.1, -0.05) is 0 Å². The van der Waals surface area contributed by atoms with Gasteiger partial charge < -0.3 is 14.7 Å². The SMILES string of the molecule is CN(C)c1ccc(CN2CCN(c3cc(F)cc4c3CN(C3CCC(=O)NC3=O)C4=O)CC2)s1. The van der Waals surface area contributed by atoms with E-state index in [0.29, 0.717) is 12.0 Å². The number of carbonyl (C=O) groups is 3. The number of nitrogens with zero attached hydrogens (tertiary/aromatic N) is 4. The molecule has 1 aromatic carbocycles. The Bertz CT molecular complexity index is 1140. The van der Waals surface area contributed by atoms with E-state index < -0.39 is 17.8 Å². The van der Waals surface area contributed by atoms with Crippen LogP contribution in [0.3, 0.4) is 0 Å². The first-order valence-electron chi connectivity index (χ1n) is 11.5. The number of amides is 3. The minimum absolute atomic E-state index is 0.194. The monoisotopic (exact) mass is 485 g/mol. The molecular formula is C24H28FN5O3S. The lowest BCUT2D eigenvalue weighted by Gasteiger charge is -2.37. The van der Waals surface area contributed by atoms with Gasteiger partial charge in [-0.05, 0) is 30.7 Å². The largest absolute Gasteiger partial charge is 0.370 e. The summed E-state index contributed by atoms with van der Waals surface area (Å²) in [4.78, 5) is 46.4. The highest BCUT2D eigenvalue weighted by atomic mass is 32.1. The van der Waals surface area contributed by atoms with E-state index in [1.165, 1.54) is 26.9 Å². The first-order valence-corrected chi connectivity index (χ1v) is 12.3. The number of hydrogen-bond acceptors (Lipinski definition) is 7. The number of thiophene rings is 1. The summed E-state index contributed by atoms with van der Waals surface area (Å²) in [6, 6.07) is 6.36. The number of imide groups is 1. The molecule has 10 heteroatoms. The van der Waals surface area contributed by atoms with E-state index in [-0.39, 0.29) is 24.8 Å². The van der Waals surface area contributed by atoms with Gasteiger partial charge in [-0.15, -0.1) is 11.3 Å². The minimum atomic E-state index is -0.705. The van der Waals surface area contributed by atoms with E-state index in [4.69, 9.17) is 0 Å². The van der Waals surface area contributed by atoms with Crippen molar-refractivity contribution >= 4 is 39.7 Å². The van der Waals surface area contributed by atoms with Crippen LogP contribution in [-0.4, -0.2) is 73.8 Å². The minimum Gasteiger partial charge on any atom is -0.370 e. The Morgan fingerprint density at radius 1 is 1.12 bits per heavy atom. The van der Waals surface area contributed by atoms with Crippen molar-refractivity contribution in [1.82, 2.24) is 15.1 Å². The number of benzene rings is 1. The standard InChI is InChI=1S/C24H28FN5O3S/c1-27(2)22-6-3-16(34-22)13-28-7-9-29(10-8-28)20-12-15(25)11-17-18(20)14-30(24(17)33)19-4-5-21(31)26-23(19)32/h3,6,11-12,19H,4-5,7-10,13-14H2,1-2H3,(H,26,31,32). The second-order valence-corrected chi connectivity index (χ2v) is 10.4. The van der Waals surface area contributed by atoms with Gasteiger partial charge in [-0.2, -0.15) is 0 Å². The van der Waals surface area contributed by atoms with Gasteiger partial charge in [0.2, 0.25) is 11.8 Å². The average Bonchev–Trinajstić information content (AvgIpc) is 3.39. The van der Waals surface area contributed by atoms with E-state index >= 15 is 0 Å². The van der Waals surface area contributed by atoms with Crippen LogP contribution in [-0.2, 0) is 22.7 Å². The van der Waals surface area contributed by atoms with Crippen LogP contribution in [0.1, 0.15) is 33.6 Å². The van der Waals surface area contributed by atoms with Crippen molar-refractivity contribution in [2.24, 2.45) is 0 Å². The zero-order valence-corrected chi connectivity index (χ0v) is 20.2. The highest BCUT2D eigenvalue weighted by Crippen LogP contribution is 2.36. The smallest absolute Gasteiger partial charge is 0.255 e. The van der Waals surface area contributed by atoms with Gasteiger partial charge in [-0.3, -0.25) is 24.6 Å². The Morgan fingerprint density at radius 3 is 2.56 bits per heavy atom. The number of halogens is 1. The lowest BCUT2D eigenvalue weighted by Crippen LogP contribution is -2.52. The Hall–Kier alpha value is -2.98. The molecule has 1 N–H and O–H groups in total. The lowest BCUT2D eigenvalue weighted by molar-refractivity contribution is -0.136. The molecule has 4 heterocycles. The topological polar surface area (TPSA) is 76.2 Å². The summed E-state index contributed by atoms with van der Waals surface area (Å²) in [7, 11) is 4.08. The predicted molar refractivity (Wildman–Crippen MR) is 129 cm³/mol. The maximum absolute atomic E-state index is 14.5. The van der Waals surface area contributed by atoms with Gasteiger partial charge in [0.1, 0.15) is 11.9 Å². The molecule has 3 aliphatic heterocycles. The van der Waals surface area contributed by atoms with Crippen molar-refractivity contribution in [3.63, 3.8) is 0 Å². The van der Waals surface area contributed by atoms with E-state index in [2.05, 4.69) is 32.1 Å². The molecule has 34 heavy (non-hydrogen) atoms. The second kappa shape index (κ2) is 8.99. The second-order valence-electron chi connectivity index (χ2n) is 9.25. The van der Waals surface area contributed by atoms with Crippen LogP contribution >= 0.6 is 11.3 Å². The van der Waals surface area contributed by atoms with Gasteiger partial charge in [-0.25, -0.2) is 4.39 Å². The van der Waals surface area contributed by atoms with E-state index in [1.54, 1.807) is 11.3 Å². The fraction of sp³-hybridized carbons (Fsp3) is 0.458. The molecule has 3 aliphatic rings. The first-order chi connectivity index (χ1) is 16.3. The number of carbonyl (C=O) groups excluding carboxylic acids is 3. The Balaban J connectivity index is 1.29. The Kier molecular flexibility index (Phi) is 6.03. The van der Waals surface area contributed by atoms with Crippen LogP contribution in [0, 0.1) is 5.82 Å². The maximum Gasteiger partial charge on any atom is 0.255 e. The third-order valence-corrected chi connectivity index (χ3v) is 8.02. The molecule has 0 saturated carbocycles. The summed E-state index contributed by atoms with van der Waals surface area (Å²) in [6.07, 6.45) is 0.485. The quantitative estimate of drug-likeness (QED) is 0.654. The van der Waals surface area contributed by atoms with E-state index in [9.17, 15) is 18.8 Å². The molecule has 5 rings (SSSR count). The van der Waals surface area contributed by atoms with Gasteiger partial charge >= 0.3 is 0 Å². The van der Waals surface area contributed by atoms with Crippen LogP contribution in [0.2, 0.25) is 0 Å². The van der Waals surface area contributed by atoms with Crippen LogP contribution in [0.4, 0.5) is 15.1 Å². The molecular weight excluding hydrogens is 457 g/mol. The summed E-state index contributed by atoms with van der Waals surface area (Å²) in [5.41, 5.74) is 1.80. The van der Waals surface area contributed by atoms with Crippen molar-refractivity contribution in [2.45, 2.75) is 32.0 Å². The molecule has 2 saturated heterocycles. The number of fused-ring (bicyclic) bond motifs is 1. The van der Waals surface area contributed by atoms with Gasteiger partial charge in [0.05, 0.1) is 5.00 Å². The van der Waals surface area contributed by atoms with Crippen LogP contribution < -0.4 is 15.1 Å². The molecule has 0 aliphatic carbocycles. The highest BCUT2D eigenvalue weighted by molar-refractivity contribution is 7.16. The number of piperidine rings is 1. The molecule has 3 amide bonds. The van der Waals surface area contributed by atoms with Crippen molar-refractivity contribution in [1.29, 1.82) is 0 Å². The molecule has 8 nitrogen and oxygen atoms in total. The third-order valence-electron chi connectivity index (χ3n) is 6.78. The normalized spacial score (nSPS) is 21.1. The molecule has 2 fully saturated rings. The number of piperazine rings is 1. The van der Waals surface area contributed by atoms with Crippen molar-refractivity contribution < 1.29 is 18.8 Å². The molecule has 180 valence electrons. The molecule has 0 bridgehead atoms. The fourth-order valence-electron chi connectivity index (χ4n) is 4.95. The summed E-state index contributed by atoms with van der Waals surface area (Å²) in [6.45, 7) is 4.27. The van der Waals surface area contributed by atoms with Gasteiger partial charge in [0.25, 0.3) is 5.91 Å². The average molecular weight is 486 g/mol. The number of anilines is 2. The summed E-state index contributed by atoms with van der Waals surface area (Å²) >= 11 is 1.79.